The molecule has 4 bridgehead atoms. The second kappa shape index (κ2) is 8.25. The lowest BCUT2D eigenvalue weighted by Crippen LogP contribution is -2.55. The highest BCUT2D eigenvalue weighted by Gasteiger charge is 2.51. The zero-order valence-corrected chi connectivity index (χ0v) is 17.6. The highest BCUT2D eigenvalue weighted by Crippen LogP contribution is 2.56. The summed E-state index contributed by atoms with van der Waals surface area (Å²) in [5.74, 6) is 4.77. The molecule has 160 valence electrons. The van der Waals surface area contributed by atoms with E-state index >= 15 is 0 Å². The van der Waals surface area contributed by atoms with Crippen molar-refractivity contribution in [3.05, 3.63) is 0 Å². The van der Waals surface area contributed by atoms with E-state index in [1.54, 1.807) is 0 Å². The van der Waals surface area contributed by atoms with E-state index in [4.69, 9.17) is 15.7 Å². The van der Waals surface area contributed by atoms with Crippen LogP contribution < -0.4 is 21.7 Å². The Hall–Kier alpha value is -1.63. The quantitative estimate of drug-likeness (QED) is 0.518. The van der Waals surface area contributed by atoms with Gasteiger partial charge in [-0.15, -0.1) is 0 Å². The molecule has 0 amide bonds. The fourth-order valence-corrected chi connectivity index (χ4v) is 6.87. The molecule has 29 heavy (non-hydrogen) atoms. The summed E-state index contributed by atoms with van der Waals surface area (Å²) in [5.41, 5.74) is 5.88. The van der Waals surface area contributed by atoms with Gasteiger partial charge in [0, 0.05) is 24.7 Å². The maximum atomic E-state index is 5.69. The van der Waals surface area contributed by atoms with Crippen LogP contribution in [-0.4, -0.2) is 39.6 Å². The first-order chi connectivity index (χ1) is 14.2. The Balaban J connectivity index is 1.35. The number of nitrogens with two attached hydrogens (primary N) is 1. The van der Waals surface area contributed by atoms with Crippen molar-refractivity contribution in [1.82, 2.24) is 15.0 Å². The number of hydrogen-bond donors (Lipinski definition) is 4. The molecule has 0 aliphatic heterocycles. The lowest BCUT2D eigenvalue weighted by atomic mass is 9.53. The van der Waals surface area contributed by atoms with E-state index in [2.05, 4.69) is 20.9 Å². The van der Waals surface area contributed by atoms with Crippen LogP contribution in [0.25, 0.3) is 0 Å². The smallest absolute Gasteiger partial charge is 0.229 e. The third-order valence-electron chi connectivity index (χ3n) is 7.67. The maximum absolute atomic E-state index is 5.69. The van der Waals surface area contributed by atoms with Crippen LogP contribution in [0.2, 0.25) is 0 Å². The Morgan fingerprint density at radius 2 is 1.38 bits per heavy atom. The van der Waals surface area contributed by atoms with Crippen molar-refractivity contribution < 1.29 is 0 Å². The van der Waals surface area contributed by atoms with Gasteiger partial charge in [0.25, 0.3) is 0 Å². The molecule has 0 atom stereocenters. The van der Waals surface area contributed by atoms with Gasteiger partial charge in [-0.05, 0) is 69.1 Å². The van der Waals surface area contributed by atoms with Gasteiger partial charge in [-0.3, -0.25) is 0 Å². The van der Waals surface area contributed by atoms with Gasteiger partial charge in [0.15, 0.2) is 0 Å². The van der Waals surface area contributed by atoms with E-state index in [1.165, 1.54) is 77.0 Å². The van der Waals surface area contributed by atoms with Crippen LogP contribution >= 0.6 is 0 Å². The van der Waals surface area contributed by atoms with Crippen LogP contribution in [0.1, 0.15) is 77.0 Å². The molecule has 5 saturated carbocycles. The first-order valence-corrected chi connectivity index (χ1v) is 11.9. The summed E-state index contributed by atoms with van der Waals surface area (Å²) in [7, 11) is 0. The molecule has 5 N–H and O–H groups in total. The Bertz CT molecular complexity index is 663. The Morgan fingerprint density at radius 1 is 0.793 bits per heavy atom. The fourth-order valence-electron chi connectivity index (χ4n) is 6.87. The van der Waals surface area contributed by atoms with E-state index in [0.29, 0.717) is 31.0 Å². The zero-order chi connectivity index (χ0) is 19.7. The van der Waals surface area contributed by atoms with Crippen molar-refractivity contribution in [2.24, 2.45) is 23.5 Å². The first-order valence-electron chi connectivity index (χ1n) is 11.9. The van der Waals surface area contributed by atoms with Gasteiger partial charge < -0.3 is 21.7 Å². The number of rotatable bonds is 7. The maximum Gasteiger partial charge on any atom is 0.229 e. The summed E-state index contributed by atoms with van der Waals surface area (Å²) < 4.78 is 0. The van der Waals surface area contributed by atoms with Crippen molar-refractivity contribution in [3.63, 3.8) is 0 Å². The van der Waals surface area contributed by atoms with Crippen LogP contribution in [0.3, 0.4) is 0 Å². The monoisotopic (exact) mass is 399 g/mol. The van der Waals surface area contributed by atoms with Gasteiger partial charge in [-0.1, -0.05) is 25.7 Å². The molecule has 7 nitrogen and oxygen atoms in total. The first kappa shape index (κ1) is 19.3. The zero-order valence-electron chi connectivity index (χ0n) is 17.6. The fraction of sp³-hybridized carbons (Fsp3) is 0.864. The summed E-state index contributed by atoms with van der Waals surface area (Å²) in [6, 6.07) is 0.467. The predicted octanol–water partition coefficient (Wildman–Crippen LogP) is 3.76. The Morgan fingerprint density at radius 3 is 2.00 bits per heavy atom. The number of nitrogens with one attached hydrogen (secondary N) is 3. The predicted molar refractivity (Wildman–Crippen MR) is 117 cm³/mol. The topological polar surface area (TPSA) is 101 Å². The standard InChI is InChI=1S/C22H37N7/c23-7-8-24-19-26-20(25-18-5-3-1-2-4-6-18)28-21(27-19)29-22-12-15-9-16(13-22)11-17(10-15)14-22/h15-18H,1-14,23H2,(H3,24,25,26,27,28,29). The highest BCUT2D eigenvalue weighted by molar-refractivity contribution is 5.44. The summed E-state index contributed by atoms with van der Waals surface area (Å²) in [6.45, 7) is 1.23. The average molecular weight is 400 g/mol. The SMILES string of the molecule is NCCNc1nc(NC2CCCCCC2)nc(NC23CC4CC(CC(C4)C2)C3)n1. The molecule has 0 radical (unpaired) electrons. The van der Waals surface area contributed by atoms with Crippen molar-refractivity contribution >= 4 is 17.8 Å². The number of nitrogens with zero attached hydrogens (tertiary/aromatic N) is 3. The second-order valence-corrected chi connectivity index (χ2v) is 10.2. The van der Waals surface area contributed by atoms with Gasteiger partial charge in [-0.25, -0.2) is 0 Å². The van der Waals surface area contributed by atoms with E-state index in [1.807, 2.05) is 0 Å². The molecule has 6 rings (SSSR count). The molecule has 7 heteroatoms. The van der Waals surface area contributed by atoms with Crippen LogP contribution in [0, 0.1) is 17.8 Å². The average Bonchev–Trinajstić information content (AvgIpc) is 2.93. The normalized spacial score (nSPS) is 34.0. The molecular formula is C22H37N7. The number of aromatic nitrogens is 3. The minimum atomic E-state index is 0.195. The Labute approximate surface area is 174 Å². The van der Waals surface area contributed by atoms with Crippen LogP contribution in [0.4, 0.5) is 17.8 Å². The molecule has 5 fully saturated rings. The van der Waals surface area contributed by atoms with E-state index in [9.17, 15) is 0 Å². The summed E-state index contributed by atoms with van der Waals surface area (Å²) in [6.07, 6.45) is 15.8. The van der Waals surface area contributed by atoms with E-state index < -0.39 is 0 Å². The molecule has 5 aliphatic rings. The van der Waals surface area contributed by atoms with Gasteiger partial charge in [0.05, 0.1) is 0 Å². The van der Waals surface area contributed by atoms with Gasteiger partial charge >= 0.3 is 0 Å². The summed E-state index contributed by atoms with van der Waals surface area (Å²) >= 11 is 0. The third-order valence-corrected chi connectivity index (χ3v) is 7.67. The van der Waals surface area contributed by atoms with E-state index in [0.717, 1.165) is 23.7 Å². The van der Waals surface area contributed by atoms with E-state index in [-0.39, 0.29) is 5.54 Å². The van der Waals surface area contributed by atoms with Crippen molar-refractivity contribution in [2.75, 3.05) is 29.0 Å². The molecule has 0 aromatic carbocycles. The minimum absolute atomic E-state index is 0.195. The summed E-state index contributed by atoms with van der Waals surface area (Å²) in [5, 5.41) is 10.7. The molecule has 0 unspecified atom stereocenters. The summed E-state index contributed by atoms with van der Waals surface area (Å²) in [4.78, 5) is 14.2. The lowest BCUT2D eigenvalue weighted by molar-refractivity contribution is 0.0103. The number of anilines is 3. The molecular weight excluding hydrogens is 362 g/mol. The van der Waals surface area contributed by atoms with Gasteiger partial charge in [0.2, 0.25) is 17.8 Å². The second-order valence-electron chi connectivity index (χ2n) is 10.2. The van der Waals surface area contributed by atoms with Crippen molar-refractivity contribution in [3.8, 4) is 0 Å². The molecule has 1 heterocycles. The molecule has 1 aromatic heterocycles. The molecule has 5 aliphatic carbocycles. The van der Waals surface area contributed by atoms with Crippen molar-refractivity contribution in [2.45, 2.75) is 88.6 Å². The number of hydrogen-bond acceptors (Lipinski definition) is 7. The largest absolute Gasteiger partial charge is 0.353 e. The van der Waals surface area contributed by atoms with Crippen LogP contribution in [-0.2, 0) is 0 Å². The molecule has 0 saturated heterocycles. The molecule has 1 aromatic rings. The minimum Gasteiger partial charge on any atom is -0.353 e. The Kier molecular flexibility index (Phi) is 5.50. The lowest BCUT2D eigenvalue weighted by Gasteiger charge is -2.56. The third kappa shape index (κ3) is 4.44. The van der Waals surface area contributed by atoms with Crippen LogP contribution in [0.15, 0.2) is 0 Å². The highest BCUT2D eigenvalue weighted by atomic mass is 15.3. The van der Waals surface area contributed by atoms with Gasteiger partial charge in [-0.2, -0.15) is 15.0 Å². The molecule has 0 spiro atoms. The van der Waals surface area contributed by atoms with Crippen molar-refractivity contribution in [1.29, 1.82) is 0 Å². The van der Waals surface area contributed by atoms with Crippen LogP contribution in [0.5, 0.6) is 0 Å². The van der Waals surface area contributed by atoms with Gasteiger partial charge in [0.1, 0.15) is 0 Å².